The largest absolute Gasteiger partial charge is 0.484 e. The molecule has 0 saturated heterocycles. The molecule has 1 unspecified atom stereocenters. The van der Waals surface area contributed by atoms with E-state index in [0.717, 1.165) is 40.6 Å². The summed E-state index contributed by atoms with van der Waals surface area (Å²) >= 11 is 0. The van der Waals surface area contributed by atoms with E-state index < -0.39 is 0 Å². The van der Waals surface area contributed by atoms with Gasteiger partial charge in [-0.3, -0.25) is 9.78 Å². The zero-order valence-electron chi connectivity index (χ0n) is 21.0. The van der Waals surface area contributed by atoms with Crippen molar-refractivity contribution in [3.8, 4) is 17.1 Å². The summed E-state index contributed by atoms with van der Waals surface area (Å²) < 4.78 is 5.87. The highest BCUT2D eigenvalue weighted by molar-refractivity contribution is 5.93. The molecular formula is C29H32N6O2. The van der Waals surface area contributed by atoms with Crippen LogP contribution in [0.1, 0.15) is 50.6 Å². The van der Waals surface area contributed by atoms with Crippen molar-refractivity contribution < 1.29 is 9.53 Å². The smallest absolute Gasteiger partial charge is 0.258 e. The summed E-state index contributed by atoms with van der Waals surface area (Å²) in [4.78, 5) is 26.3. The average Bonchev–Trinajstić information content (AvgIpc) is 2.93. The van der Waals surface area contributed by atoms with E-state index in [2.05, 4.69) is 15.6 Å². The van der Waals surface area contributed by atoms with Gasteiger partial charge in [-0.05, 0) is 61.7 Å². The molecule has 0 radical (unpaired) electrons. The Kier molecular flexibility index (Phi) is 7.56. The van der Waals surface area contributed by atoms with Gasteiger partial charge in [-0.1, -0.05) is 37.5 Å². The number of hydrogen-bond donors (Lipinski definition) is 3. The maximum absolute atomic E-state index is 12.5. The number of benzene rings is 2. The van der Waals surface area contributed by atoms with Gasteiger partial charge in [0.05, 0.1) is 5.52 Å². The van der Waals surface area contributed by atoms with Gasteiger partial charge in [0, 0.05) is 41.1 Å². The van der Waals surface area contributed by atoms with E-state index in [-0.39, 0.29) is 24.6 Å². The Morgan fingerprint density at radius 2 is 1.92 bits per heavy atom. The average molecular weight is 497 g/mol. The first-order valence-electron chi connectivity index (χ1n) is 12.8. The number of para-hydroxylation sites is 1. The molecule has 8 nitrogen and oxygen atoms in total. The Morgan fingerprint density at radius 3 is 2.70 bits per heavy atom. The lowest BCUT2D eigenvalue weighted by Crippen LogP contribution is -2.38. The summed E-state index contributed by atoms with van der Waals surface area (Å²) in [6.07, 6.45) is 9.11. The van der Waals surface area contributed by atoms with Crippen molar-refractivity contribution in [2.24, 2.45) is 5.73 Å². The second-order valence-electron chi connectivity index (χ2n) is 9.51. The van der Waals surface area contributed by atoms with Gasteiger partial charge < -0.3 is 21.1 Å². The van der Waals surface area contributed by atoms with Crippen molar-refractivity contribution in [2.75, 3.05) is 11.9 Å². The van der Waals surface area contributed by atoms with E-state index in [1.165, 1.54) is 19.3 Å². The minimum Gasteiger partial charge on any atom is -0.484 e. The molecule has 1 atom stereocenters. The molecule has 2 aromatic heterocycles. The van der Waals surface area contributed by atoms with Gasteiger partial charge in [0.15, 0.2) is 12.4 Å². The monoisotopic (exact) mass is 496 g/mol. The second-order valence-corrected chi connectivity index (χ2v) is 9.51. The van der Waals surface area contributed by atoms with Crippen molar-refractivity contribution in [3.63, 3.8) is 0 Å². The Hall–Kier alpha value is -4.04. The summed E-state index contributed by atoms with van der Waals surface area (Å²) in [6, 6.07) is 17.4. The summed E-state index contributed by atoms with van der Waals surface area (Å²) in [7, 11) is 0. The fourth-order valence-corrected chi connectivity index (χ4v) is 4.72. The lowest BCUT2D eigenvalue weighted by molar-refractivity contribution is -0.124. The number of amides is 1. The Balaban J connectivity index is 1.45. The molecule has 8 heteroatoms. The Labute approximate surface area is 216 Å². The molecule has 0 bridgehead atoms. The highest BCUT2D eigenvalue weighted by atomic mass is 16.5. The molecule has 1 saturated carbocycles. The van der Waals surface area contributed by atoms with E-state index in [1.807, 2.05) is 61.5 Å². The van der Waals surface area contributed by atoms with Crippen LogP contribution in [0.5, 0.6) is 5.75 Å². The fraction of sp³-hybridized carbons (Fsp3) is 0.310. The van der Waals surface area contributed by atoms with Crippen LogP contribution in [0.4, 0.5) is 11.5 Å². The first-order chi connectivity index (χ1) is 18.1. The van der Waals surface area contributed by atoms with Crippen molar-refractivity contribution >= 4 is 28.3 Å². The molecule has 1 amide bonds. The number of hydrogen-bond acceptors (Lipinski definition) is 7. The topological polar surface area (TPSA) is 115 Å². The highest BCUT2D eigenvalue weighted by Crippen LogP contribution is 2.32. The molecule has 4 N–H and O–H groups in total. The zero-order valence-corrected chi connectivity index (χ0v) is 21.0. The third kappa shape index (κ3) is 6.03. The maximum Gasteiger partial charge on any atom is 0.258 e. The van der Waals surface area contributed by atoms with Crippen molar-refractivity contribution in [1.82, 2.24) is 20.3 Å². The summed E-state index contributed by atoms with van der Waals surface area (Å²) in [5, 5.41) is 7.34. The lowest BCUT2D eigenvalue weighted by atomic mass is 9.95. The summed E-state index contributed by atoms with van der Waals surface area (Å²) in [6.45, 7) is 1.91. The van der Waals surface area contributed by atoms with Crippen LogP contribution >= 0.6 is 0 Å². The molecule has 1 aliphatic rings. The van der Waals surface area contributed by atoms with E-state index in [9.17, 15) is 4.79 Å². The van der Waals surface area contributed by atoms with E-state index in [4.69, 9.17) is 20.4 Å². The van der Waals surface area contributed by atoms with Gasteiger partial charge in [0.2, 0.25) is 0 Å². The molecule has 0 spiro atoms. The number of carbonyl (C=O) groups excluding carboxylic acids is 1. The third-order valence-corrected chi connectivity index (χ3v) is 6.63. The number of nitrogens with two attached hydrogens (primary N) is 1. The molecular weight excluding hydrogens is 464 g/mol. The van der Waals surface area contributed by atoms with Gasteiger partial charge in [-0.2, -0.15) is 0 Å². The van der Waals surface area contributed by atoms with Crippen molar-refractivity contribution in [2.45, 2.75) is 51.1 Å². The first-order valence-corrected chi connectivity index (χ1v) is 12.8. The quantitative estimate of drug-likeness (QED) is 0.304. The molecule has 5 rings (SSSR count). The van der Waals surface area contributed by atoms with Crippen LogP contribution in [0.2, 0.25) is 0 Å². The number of aromatic nitrogens is 3. The number of pyridine rings is 1. The molecule has 1 aliphatic carbocycles. The van der Waals surface area contributed by atoms with Crippen LogP contribution in [0.25, 0.3) is 22.3 Å². The van der Waals surface area contributed by atoms with Gasteiger partial charge in [0.25, 0.3) is 5.91 Å². The standard InChI is InChI=1S/C29H32N6O2/c1-19(30)23-11-5-6-12-25(23)34-29-24-16-22(37-18-27(36)32-21-9-3-2-4-10-21)13-14-26(24)33-28(35-29)20-8-7-15-31-17-20/h5-8,11-17,19,21H,2-4,9-10,18,30H2,1H3,(H,32,36)(H,33,34,35). The first kappa shape index (κ1) is 24.6. The Bertz CT molecular complexity index is 1370. The molecule has 37 heavy (non-hydrogen) atoms. The van der Waals surface area contributed by atoms with Gasteiger partial charge in [-0.15, -0.1) is 0 Å². The number of anilines is 2. The van der Waals surface area contributed by atoms with Crippen LogP contribution in [0, 0.1) is 0 Å². The van der Waals surface area contributed by atoms with Gasteiger partial charge in [-0.25, -0.2) is 9.97 Å². The number of carbonyl (C=O) groups is 1. The predicted octanol–water partition coefficient (Wildman–Crippen LogP) is 5.28. The molecule has 2 heterocycles. The normalized spacial score (nSPS) is 14.8. The summed E-state index contributed by atoms with van der Waals surface area (Å²) in [5.74, 6) is 1.66. The van der Waals surface area contributed by atoms with E-state index in [1.54, 1.807) is 12.4 Å². The number of fused-ring (bicyclic) bond motifs is 1. The van der Waals surface area contributed by atoms with Crippen LogP contribution in [0.3, 0.4) is 0 Å². The molecule has 190 valence electrons. The van der Waals surface area contributed by atoms with E-state index >= 15 is 0 Å². The lowest BCUT2D eigenvalue weighted by Gasteiger charge is -2.22. The fourth-order valence-electron chi connectivity index (χ4n) is 4.72. The molecule has 1 fully saturated rings. The third-order valence-electron chi connectivity index (χ3n) is 6.63. The van der Waals surface area contributed by atoms with E-state index in [0.29, 0.717) is 17.4 Å². The minimum atomic E-state index is -0.156. The summed E-state index contributed by atoms with van der Waals surface area (Å²) in [5.41, 5.74) is 9.62. The number of nitrogens with one attached hydrogen (secondary N) is 2. The number of rotatable bonds is 8. The van der Waals surface area contributed by atoms with Crippen LogP contribution < -0.4 is 21.1 Å². The Morgan fingerprint density at radius 1 is 1.08 bits per heavy atom. The molecule has 2 aromatic carbocycles. The highest BCUT2D eigenvalue weighted by Gasteiger charge is 2.17. The zero-order chi connectivity index (χ0) is 25.6. The van der Waals surface area contributed by atoms with Crippen LogP contribution in [-0.2, 0) is 4.79 Å². The number of ether oxygens (including phenoxy) is 1. The molecule has 0 aliphatic heterocycles. The predicted molar refractivity (Wildman–Crippen MR) is 146 cm³/mol. The van der Waals surface area contributed by atoms with Crippen molar-refractivity contribution in [3.05, 3.63) is 72.6 Å². The minimum absolute atomic E-state index is 0.0348. The number of nitrogens with zero attached hydrogens (tertiary/aromatic N) is 3. The molecule has 4 aromatic rings. The van der Waals surface area contributed by atoms with Crippen LogP contribution in [-0.4, -0.2) is 33.5 Å². The SMILES string of the molecule is CC(N)c1ccccc1Nc1nc(-c2cccnc2)nc2ccc(OCC(=O)NC3CCCCC3)cc12. The van der Waals surface area contributed by atoms with Gasteiger partial charge >= 0.3 is 0 Å². The second kappa shape index (κ2) is 11.3. The van der Waals surface area contributed by atoms with Crippen molar-refractivity contribution in [1.29, 1.82) is 0 Å². The van der Waals surface area contributed by atoms with Crippen LogP contribution in [0.15, 0.2) is 67.0 Å². The van der Waals surface area contributed by atoms with Gasteiger partial charge in [0.1, 0.15) is 11.6 Å². The maximum atomic E-state index is 12.5.